The highest BCUT2D eigenvalue weighted by Gasteiger charge is 2.30. The van der Waals surface area contributed by atoms with Gasteiger partial charge in [0.05, 0.1) is 5.92 Å². The van der Waals surface area contributed by atoms with E-state index in [9.17, 15) is 9.59 Å². The van der Waals surface area contributed by atoms with Crippen molar-refractivity contribution in [1.29, 1.82) is 0 Å². The third kappa shape index (κ3) is 3.16. The molecule has 2 atom stereocenters. The van der Waals surface area contributed by atoms with E-state index < -0.39 is 11.9 Å². The van der Waals surface area contributed by atoms with Gasteiger partial charge in [-0.2, -0.15) is 0 Å². The highest BCUT2D eigenvalue weighted by atomic mass is 16.4. The molecule has 0 unspecified atom stereocenters. The average molecular weight is 301 g/mol. The van der Waals surface area contributed by atoms with Gasteiger partial charge in [0.25, 0.3) is 0 Å². The molecule has 22 heavy (non-hydrogen) atoms. The molecule has 1 aliphatic heterocycles. The van der Waals surface area contributed by atoms with Crippen molar-refractivity contribution < 1.29 is 14.7 Å². The third-order valence-electron chi connectivity index (χ3n) is 5.04. The Morgan fingerprint density at radius 3 is 2.82 bits per heavy atom. The Balaban J connectivity index is 1.66. The Morgan fingerprint density at radius 2 is 2.00 bits per heavy atom. The minimum absolute atomic E-state index is 0.118. The summed E-state index contributed by atoms with van der Waals surface area (Å²) in [4.78, 5) is 25.5. The van der Waals surface area contributed by atoms with Crippen LogP contribution in [0.4, 0.5) is 0 Å². The van der Waals surface area contributed by atoms with Crippen LogP contribution >= 0.6 is 0 Å². The number of amides is 1. The van der Waals surface area contributed by atoms with Gasteiger partial charge in [0, 0.05) is 19.5 Å². The molecule has 1 heterocycles. The quantitative estimate of drug-likeness (QED) is 0.934. The molecule has 1 aromatic carbocycles. The van der Waals surface area contributed by atoms with E-state index in [0.717, 1.165) is 25.7 Å². The molecule has 1 aliphatic carbocycles. The number of aryl methyl sites for hydroxylation is 1. The molecule has 3 rings (SSSR count). The maximum Gasteiger partial charge on any atom is 0.308 e. The fraction of sp³-hybridized carbons (Fsp3) is 0.556. The molecule has 1 fully saturated rings. The van der Waals surface area contributed by atoms with E-state index in [0.29, 0.717) is 31.8 Å². The second-order valence-corrected chi connectivity index (χ2v) is 6.51. The van der Waals surface area contributed by atoms with Crippen molar-refractivity contribution >= 4 is 11.9 Å². The van der Waals surface area contributed by atoms with Crippen molar-refractivity contribution in [3.63, 3.8) is 0 Å². The molecule has 118 valence electrons. The first-order valence-electron chi connectivity index (χ1n) is 8.23. The van der Waals surface area contributed by atoms with Crippen LogP contribution in [0.15, 0.2) is 24.3 Å². The number of hydrogen-bond acceptors (Lipinski definition) is 2. The Hall–Kier alpha value is -1.84. The lowest BCUT2D eigenvalue weighted by Gasteiger charge is -2.33. The second-order valence-electron chi connectivity index (χ2n) is 6.51. The van der Waals surface area contributed by atoms with Gasteiger partial charge in [0.2, 0.25) is 5.91 Å². The summed E-state index contributed by atoms with van der Waals surface area (Å²) >= 11 is 0. The summed E-state index contributed by atoms with van der Waals surface area (Å²) in [6.45, 7) is 1.08. The first-order valence-corrected chi connectivity index (χ1v) is 8.23. The number of fused-ring (bicyclic) bond motifs is 1. The van der Waals surface area contributed by atoms with Crippen LogP contribution in [0.2, 0.25) is 0 Å². The van der Waals surface area contributed by atoms with E-state index in [1.807, 2.05) is 6.07 Å². The zero-order chi connectivity index (χ0) is 15.5. The predicted octanol–water partition coefficient (Wildman–Crippen LogP) is 2.82. The van der Waals surface area contributed by atoms with Crippen LogP contribution in [0.5, 0.6) is 0 Å². The number of piperidine rings is 1. The maximum absolute atomic E-state index is 12.6. The van der Waals surface area contributed by atoms with Crippen molar-refractivity contribution in [2.24, 2.45) is 5.92 Å². The zero-order valence-electron chi connectivity index (χ0n) is 12.8. The predicted molar refractivity (Wildman–Crippen MR) is 83.7 cm³/mol. The van der Waals surface area contributed by atoms with Gasteiger partial charge < -0.3 is 10.0 Å². The van der Waals surface area contributed by atoms with Crippen molar-refractivity contribution in [2.45, 2.75) is 44.4 Å². The fourth-order valence-corrected chi connectivity index (χ4v) is 3.81. The highest BCUT2D eigenvalue weighted by Crippen LogP contribution is 2.34. The molecule has 4 nitrogen and oxygen atoms in total. The monoisotopic (exact) mass is 301 g/mol. The first-order chi connectivity index (χ1) is 10.6. The lowest BCUT2D eigenvalue weighted by atomic mass is 9.81. The molecule has 1 N–H and O–H groups in total. The molecule has 0 radical (unpaired) electrons. The summed E-state index contributed by atoms with van der Waals surface area (Å²) in [6, 6.07) is 8.41. The Bertz CT molecular complexity index is 569. The molecular formula is C18H23NO3. The minimum atomic E-state index is -0.777. The molecule has 1 aromatic rings. The summed E-state index contributed by atoms with van der Waals surface area (Å²) in [5, 5.41) is 9.15. The molecule has 0 bridgehead atoms. The lowest BCUT2D eigenvalue weighted by molar-refractivity contribution is -0.145. The highest BCUT2D eigenvalue weighted by molar-refractivity contribution is 5.79. The summed E-state index contributed by atoms with van der Waals surface area (Å²) in [6.07, 6.45) is 5.29. The number of rotatable bonds is 3. The van der Waals surface area contributed by atoms with Crippen molar-refractivity contribution in [3.8, 4) is 0 Å². The van der Waals surface area contributed by atoms with Gasteiger partial charge in [-0.15, -0.1) is 0 Å². The van der Waals surface area contributed by atoms with Crippen LogP contribution in [0.25, 0.3) is 0 Å². The van der Waals surface area contributed by atoms with Crippen molar-refractivity contribution in [3.05, 3.63) is 35.4 Å². The van der Waals surface area contributed by atoms with Crippen LogP contribution in [-0.4, -0.2) is 35.0 Å². The second kappa shape index (κ2) is 6.51. The first kappa shape index (κ1) is 15.1. The number of carbonyl (C=O) groups is 2. The lowest BCUT2D eigenvalue weighted by Crippen LogP contribution is -2.42. The number of likely N-dealkylation sites (tertiary alicyclic amines) is 1. The molecule has 1 amide bonds. The maximum atomic E-state index is 12.6. The number of carboxylic acid groups (broad SMARTS) is 1. The smallest absolute Gasteiger partial charge is 0.308 e. The number of carboxylic acids is 1. The molecule has 2 aliphatic rings. The van der Waals surface area contributed by atoms with Crippen LogP contribution in [0, 0.1) is 5.92 Å². The van der Waals surface area contributed by atoms with Gasteiger partial charge in [0.1, 0.15) is 0 Å². The van der Waals surface area contributed by atoms with Crippen LogP contribution < -0.4 is 0 Å². The average Bonchev–Trinajstić information content (AvgIpc) is 2.55. The molecule has 4 heteroatoms. The van der Waals surface area contributed by atoms with E-state index >= 15 is 0 Å². The Kier molecular flexibility index (Phi) is 4.46. The topological polar surface area (TPSA) is 57.6 Å². The number of hydrogen-bond donors (Lipinski definition) is 1. The Labute approximate surface area is 131 Å². The van der Waals surface area contributed by atoms with Gasteiger partial charge >= 0.3 is 5.97 Å². The molecule has 0 saturated carbocycles. The van der Waals surface area contributed by atoms with Crippen molar-refractivity contribution in [2.75, 3.05) is 13.1 Å². The standard InChI is InChI=1S/C18H23NO3/c20-17(19-10-4-8-15(12-19)18(21)22)11-14-7-3-6-13-5-1-2-9-16(13)14/h1-2,5,9,14-15H,3-4,6-8,10-12H2,(H,21,22)/t14-,15-/m0/s1. The normalized spacial score (nSPS) is 24.6. The van der Waals surface area contributed by atoms with Crippen molar-refractivity contribution in [1.82, 2.24) is 4.90 Å². The summed E-state index contributed by atoms with van der Waals surface area (Å²) < 4.78 is 0. The number of nitrogens with zero attached hydrogens (tertiary/aromatic N) is 1. The third-order valence-corrected chi connectivity index (χ3v) is 5.04. The molecular weight excluding hydrogens is 278 g/mol. The van der Waals surface area contributed by atoms with E-state index in [1.165, 1.54) is 11.1 Å². The summed E-state index contributed by atoms with van der Waals surface area (Å²) in [5.41, 5.74) is 2.68. The van der Waals surface area contributed by atoms with E-state index in [2.05, 4.69) is 18.2 Å². The van der Waals surface area contributed by atoms with E-state index in [1.54, 1.807) is 4.90 Å². The SMILES string of the molecule is O=C(O)[C@H]1CCCN(C(=O)C[C@@H]2CCCc3ccccc32)C1. The molecule has 0 spiro atoms. The van der Waals surface area contributed by atoms with Gasteiger partial charge in [-0.3, -0.25) is 9.59 Å². The van der Waals surface area contributed by atoms with Crippen LogP contribution in [0.3, 0.4) is 0 Å². The summed E-state index contributed by atoms with van der Waals surface area (Å²) in [5.74, 6) is -0.757. The fourth-order valence-electron chi connectivity index (χ4n) is 3.81. The minimum Gasteiger partial charge on any atom is -0.481 e. The number of benzene rings is 1. The van der Waals surface area contributed by atoms with Gasteiger partial charge in [0.15, 0.2) is 0 Å². The zero-order valence-corrected chi connectivity index (χ0v) is 12.8. The molecule has 0 aromatic heterocycles. The number of aliphatic carboxylic acids is 1. The Morgan fingerprint density at radius 1 is 1.18 bits per heavy atom. The van der Waals surface area contributed by atoms with Gasteiger partial charge in [-0.1, -0.05) is 24.3 Å². The van der Waals surface area contributed by atoms with E-state index in [-0.39, 0.29) is 5.91 Å². The summed E-state index contributed by atoms with van der Waals surface area (Å²) in [7, 11) is 0. The number of carbonyl (C=O) groups excluding carboxylic acids is 1. The van der Waals surface area contributed by atoms with Crippen LogP contribution in [0.1, 0.15) is 49.1 Å². The van der Waals surface area contributed by atoms with Crippen LogP contribution in [-0.2, 0) is 16.0 Å². The van der Waals surface area contributed by atoms with Gasteiger partial charge in [-0.25, -0.2) is 0 Å². The van der Waals surface area contributed by atoms with E-state index in [4.69, 9.17) is 5.11 Å². The molecule has 1 saturated heterocycles. The largest absolute Gasteiger partial charge is 0.481 e. The van der Waals surface area contributed by atoms with Gasteiger partial charge in [-0.05, 0) is 49.1 Å².